The van der Waals surface area contributed by atoms with Crippen molar-refractivity contribution in [2.45, 2.75) is 31.2 Å². The van der Waals surface area contributed by atoms with Gasteiger partial charge in [0.05, 0.1) is 10.9 Å². The zero-order valence-corrected chi connectivity index (χ0v) is 15.8. The van der Waals surface area contributed by atoms with Crippen LogP contribution in [0.3, 0.4) is 0 Å². The molecule has 0 radical (unpaired) electrons. The summed E-state index contributed by atoms with van der Waals surface area (Å²) < 4.78 is 1.99. The van der Waals surface area contributed by atoms with Gasteiger partial charge in [0.25, 0.3) is 0 Å². The molecular weight excluding hydrogens is 354 g/mol. The number of hydrogen-bond donors (Lipinski definition) is 0. The second-order valence-electron chi connectivity index (χ2n) is 5.78. The molecular formula is C19H18ClN3OS. The Hall–Kier alpha value is -2.11. The van der Waals surface area contributed by atoms with E-state index in [0.717, 1.165) is 17.1 Å². The minimum Gasteiger partial charge on any atom is -0.293 e. The van der Waals surface area contributed by atoms with Crippen LogP contribution >= 0.6 is 23.4 Å². The summed E-state index contributed by atoms with van der Waals surface area (Å²) >= 11 is 7.30. The van der Waals surface area contributed by atoms with Crippen LogP contribution in [0.5, 0.6) is 0 Å². The van der Waals surface area contributed by atoms with Gasteiger partial charge in [-0.2, -0.15) is 0 Å². The van der Waals surface area contributed by atoms with E-state index in [1.165, 1.54) is 11.8 Å². The maximum absolute atomic E-state index is 12.7. The van der Waals surface area contributed by atoms with Crippen LogP contribution < -0.4 is 0 Å². The van der Waals surface area contributed by atoms with Gasteiger partial charge in [-0.15, -0.1) is 10.2 Å². The third-order valence-corrected chi connectivity index (χ3v) is 5.23. The minimum absolute atomic E-state index is 0.0404. The van der Waals surface area contributed by atoms with E-state index in [4.69, 9.17) is 11.6 Å². The standard InChI is InChI=1S/C19H18ClN3OS/c1-12-6-4-5-7-17(12)23-14(3)21-22-19(23)25-13(2)18(24)15-8-10-16(20)11-9-15/h4-11,13H,1-3H3. The molecule has 0 amide bonds. The lowest BCUT2D eigenvalue weighted by atomic mass is 10.1. The molecule has 3 rings (SSSR count). The first-order valence-corrected chi connectivity index (χ1v) is 9.17. The second kappa shape index (κ2) is 7.42. The van der Waals surface area contributed by atoms with Gasteiger partial charge in [-0.25, -0.2) is 0 Å². The summed E-state index contributed by atoms with van der Waals surface area (Å²) in [5, 5.41) is 9.50. The van der Waals surface area contributed by atoms with E-state index in [2.05, 4.69) is 10.2 Å². The molecule has 1 aromatic heterocycles. The smallest absolute Gasteiger partial charge is 0.196 e. The highest BCUT2D eigenvalue weighted by Crippen LogP contribution is 2.28. The Labute approximate surface area is 156 Å². The average Bonchev–Trinajstić information content (AvgIpc) is 2.96. The van der Waals surface area contributed by atoms with Crippen molar-refractivity contribution >= 4 is 29.1 Å². The number of nitrogens with zero attached hydrogens (tertiary/aromatic N) is 3. The first-order chi connectivity index (χ1) is 12.0. The number of para-hydroxylation sites is 1. The summed E-state index contributed by atoms with van der Waals surface area (Å²) in [6, 6.07) is 15.0. The number of ketones is 1. The van der Waals surface area contributed by atoms with Crippen LogP contribution in [0.1, 0.15) is 28.7 Å². The molecule has 0 spiro atoms. The van der Waals surface area contributed by atoms with Gasteiger partial charge in [0.1, 0.15) is 5.82 Å². The lowest BCUT2D eigenvalue weighted by molar-refractivity contribution is 0.0994. The van der Waals surface area contributed by atoms with Gasteiger partial charge in [0.2, 0.25) is 0 Å². The summed E-state index contributed by atoms with van der Waals surface area (Å²) in [5.74, 6) is 0.835. The van der Waals surface area contributed by atoms with Gasteiger partial charge in [0.15, 0.2) is 10.9 Å². The van der Waals surface area contributed by atoms with Crippen LogP contribution in [-0.4, -0.2) is 25.8 Å². The number of benzene rings is 2. The molecule has 0 aliphatic heterocycles. The van der Waals surface area contributed by atoms with E-state index < -0.39 is 0 Å². The molecule has 0 fully saturated rings. The first kappa shape index (κ1) is 17.7. The summed E-state index contributed by atoms with van der Waals surface area (Å²) in [5.41, 5.74) is 2.80. The monoisotopic (exact) mass is 371 g/mol. The minimum atomic E-state index is -0.285. The third kappa shape index (κ3) is 3.78. The van der Waals surface area contributed by atoms with Crippen molar-refractivity contribution in [1.82, 2.24) is 14.8 Å². The Morgan fingerprint density at radius 3 is 2.44 bits per heavy atom. The number of rotatable bonds is 5. The number of aromatic nitrogens is 3. The average molecular weight is 372 g/mol. The molecule has 6 heteroatoms. The largest absolute Gasteiger partial charge is 0.293 e. The van der Waals surface area contributed by atoms with E-state index >= 15 is 0 Å². The van der Waals surface area contributed by atoms with E-state index in [1.54, 1.807) is 24.3 Å². The van der Waals surface area contributed by atoms with Crippen molar-refractivity contribution < 1.29 is 4.79 Å². The third-order valence-electron chi connectivity index (χ3n) is 3.93. The Morgan fingerprint density at radius 2 is 1.76 bits per heavy atom. The molecule has 0 bridgehead atoms. The molecule has 1 unspecified atom stereocenters. The van der Waals surface area contributed by atoms with Gasteiger partial charge in [0, 0.05) is 10.6 Å². The van der Waals surface area contributed by atoms with E-state index in [0.29, 0.717) is 15.7 Å². The van der Waals surface area contributed by atoms with Gasteiger partial charge in [-0.05, 0) is 56.7 Å². The van der Waals surface area contributed by atoms with E-state index in [1.807, 2.05) is 49.6 Å². The number of hydrogen-bond acceptors (Lipinski definition) is 4. The highest BCUT2D eigenvalue weighted by atomic mass is 35.5. The molecule has 0 saturated heterocycles. The molecule has 1 heterocycles. The first-order valence-electron chi connectivity index (χ1n) is 7.92. The number of halogens is 1. The molecule has 3 aromatic rings. The summed E-state index contributed by atoms with van der Waals surface area (Å²) in [6.45, 7) is 5.84. The number of Topliss-reactive ketones (excluding diaryl/α,β-unsaturated/α-hetero) is 1. The fourth-order valence-corrected chi connectivity index (χ4v) is 3.68. The molecule has 0 N–H and O–H groups in total. The molecule has 0 saturated carbocycles. The van der Waals surface area contributed by atoms with Crippen molar-refractivity contribution in [2.75, 3.05) is 0 Å². The van der Waals surface area contributed by atoms with Crippen LogP contribution in [0.4, 0.5) is 0 Å². The topological polar surface area (TPSA) is 47.8 Å². The van der Waals surface area contributed by atoms with Gasteiger partial charge in [-0.3, -0.25) is 9.36 Å². The Balaban J connectivity index is 1.88. The Kier molecular flexibility index (Phi) is 5.25. The fraction of sp³-hybridized carbons (Fsp3) is 0.211. The van der Waals surface area contributed by atoms with Crippen molar-refractivity contribution in [1.29, 1.82) is 0 Å². The summed E-state index contributed by atoms with van der Waals surface area (Å²) in [7, 11) is 0. The molecule has 25 heavy (non-hydrogen) atoms. The highest BCUT2D eigenvalue weighted by molar-refractivity contribution is 8.00. The van der Waals surface area contributed by atoms with Crippen LogP contribution in [0.2, 0.25) is 5.02 Å². The molecule has 128 valence electrons. The predicted molar refractivity (Wildman–Crippen MR) is 102 cm³/mol. The van der Waals surface area contributed by atoms with Gasteiger partial charge >= 0.3 is 0 Å². The van der Waals surface area contributed by atoms with E-state index in [-0.39, 0.29) is 11.0 Å². The quantitative estimate of drug-likeness (QED) is 0.472. The SMILES string of the molecule is Cc1ccccc1-n1c(C)nnc1SC(C)C(=O)c1ccc(Cl)cc1. The number of carbonyl (C=O) groups is 1. The van der Waals surface area contributed by atoms with Crippen LogP contribution in [0.25, 0.3) is 5.69 Å². The number of carbonyl (C=O) groups excluding carboxylic acids is 1. The van der Waals surface area contributed by atoms with Crippen molar-refractivity contribution in [3.05, 3.63) is 70.5 Å². The lowest BCUT2D eigenvalue weighted by Gasteiger charge is -2.14. The second-order valence-corrected chi connectivity index (χ2v) is 7.53. The Bertz CT molecular complexity index is 905. The molecule has 0 aliphatic rings. The van der Waals surface area contributed by atoms with Crippen molar-refractivity contribution in [3.63, 3.8) is 0 Å². The fourth-order valence-electron chi connectivity index (χ4n) is 2.57. The zero-order chi connectivity index (χ0) is 18.0. The lowest BCUT2D eigenvalue weighted by Crippen LogP contribution is -2.14. The predicted octanol–water partition coefficient (Wildman–Crippen LogP) is 4.90. The number of thioether (sulfide) groups is 1. The maximum atomic E-state index is 12.7. The summed E-state index contributed by atoms with van der Waals surface area (Å²) in [4.78, 5) is 12.7. The molecule has 1 atom stereocenters. The highest BCUT2D eigenvalue weighted by Gasteiger charge is 2.21. The molecule has 4 nitrogen and oxygen atoms in total. The normalized spacial score (nSPS) is 12.2. The van der Waals surface area contributed by atoms with Crippen molar-refractivity contribution in [2.24, 2.45) is 0 Å². The van der Waals surface area contributed by atoms with Crippen LogP contribution in [0, 0.1) is 13.8 Å². The van der Waals surface area contributed by atoms with Gasteiger partial charge in [-0.1, -0.05) is 41.6 Å². The zero-order valence-electron chi connectivity index (χ0n) is 14.2. The van der Waals surface area contributed by atoms with E-state index in [9.17, 15) is 4.79 Å². The van der Waals surface area contributed by atoms with Gasteiger partial charge < -0.3 is 0 Å². The summed E-state index contributed by atoms with van der Waals surface area (Å²) in [6.07, 6.45) is 0. The maximum Gasteiger partial charge on any atom is 0.196 e. The molecule has 0 aliphatic carbocycles. The molecule has 2 aromatic carbocycles. The van der Waals surface area contributed by atoms with Crippen molar-refractivity contribution in [3.8, 4) is 5.69 Å². The van der Waals surface area contributed by atoms with Crippen LogP contribution in [-0.2, 0) is 0 Å². The Morgan fingerprint density at radius 1 is 1.08 bits per heavy atom. The van der Waals surface area contributed by atoms with Crippen LogP contribution in [0.15, 0.2) is 53.7 Å². The number of aryl methyl sites for hydroxylation is 2.